The lowest BCUT2D eigenvalue weighted by Gasteiger charge is -2.38. The van der Waals surface area contributed by atoms with Gasteiger partial charge >= 0.3 is 0 Å². The zero-order valence-electron chi connectivity index (χ0n) is 12.0. The van der Waals surface area contributed by atoms with Gasteiger partial charge in [-0.1, -0.05) is 24.3 Å². The molecule has 0 spiro atoms. The highest BCUT2D eigenvalue weighted by atomic mass is 15.3. The third-order valence-corrected chi connectivity index (χ3v) is 3.73. The highest BCUT2D eigenvalue weighted by molar-refractivity contribution is 5.58. The van der Waals surface area contributed by atoms with Crippen LogP contribution in [0.4, 0.5) is 5.69 Å². The number of benzene rings is 1. The molecule has 1 aromatic rings. The maximum absolute atomic E-state index is 5.50. The van der Waals surface area contributed by atoms with Crippen LogP contribution in [0.1, 0.15) is 19.4 Å². The van der Waals surface area contributed by atoms with Gasteiger partial charge in [0.15, 0.2) is 0 Å². The Kier molecular flexibility index (Phi) is 5.00. The van der Waals surface area contributed by atoms with Crippen molar-refractivity contribution in [3.8, 4) is 0 Å². The molecular formula is C16H25N3. The minimum Gasteiger partial charge on any atom is -0.369 e. The summed E-state index contributed by atoms with van der Waals surface area (Å²) in [6, 6.07) is 9.35. The van der Waals surface area contributed by atoms with Gasteiger partial charge in [0.2, 0.25) is 0 Å². The molecule has 0 saturated carbocycles. The molecule has 2 rings (SSSR count). The standard InChI is InChI=1S/C16H25N3/c1-14(2)18-9-11-19(12-10-18)16-7-3-5-15(13-16)6-4-8-17/h3-7,13-14H,8-12,17H2,1-2H3/b6-4+. The van der Waals surface area contributed by atoms with E-state index in [0.717, 1.165) is 26.2 Å². The lowest BCUT2D eigenvalue weighted by atomic mass is 10.1. The zero-order chi connectivity index (χ0) is 13.7. The molecule has 3 nitrogen and oxygen atoms in total. The Morgan fingerprint density at radius 1 is 1.21 bits per heavy atom. The third kappa shape index (κ3) is 3.82. The van der Waals surface area contributed by atoms with E-state index in [9.17, 15) is 0 Å². The first kappa shape index (κ1) is 14.1. The van der Waals surface area contributed by atoms with E-state index in [1.165, 1.54) is 11.3 Å². The first-order chi connectivity index (χ1) is 9.20. The van der Waals surface area contributed by atoms with E-state index in [1.54, 1.807) is 0 Å². The summed E-state index contributed by atoms with van der Waals surface area (Å²) >= 11 is 0. The van der Waals surface area contributed by atoms with Gasteiger partial charge in [-0.3, -0.25) is 4.90 Å². The Morgan fingerprint density at radius 2 is 1.95 bits per heavy atom. The Hall–Kier alpha value is -1.32. The molecule has 1 saturated heterocycles. The molecule has 104 valence electrons. The Morgan fingerprint density at radius 3 is 2.58 bits per heavy atom. The lowest BCUT2D eigenvalue weighted by molar-refractivity contribution is 0.209. The van der Waals surface area contributed by atoms with Crippen LogP contribution in [0.15, 0.2) is 30.3 Å². The van der Waals surface area contributed by atoms with Gasteiger partial charge < -0.3 is 10.6 Å². The van der Waals surface area contributed by atoms with Crippen LogP contribution >= 0.6 is 0 Å². The van der Waals surface area contributed by atoms with Crippen molar-refractivity contribution in [3.63, 3.8) is 0 Å². The summed E-state index contributed by atoms with van der Waals surface area (Å²) in [4.78, 5) is 5.01. The molecule has 0 radical (unpaired) electrons. The van der Waals surface area contributed by atoms with E-state index in [-0.39, 0.29) is 0 Å². The topological polar surface area (TPSA) is 32.5 Å². The second-order valence-electron chi connectivity index (χ2n) is 5.35. The Bertz CT molecular complexity index is 418. The molecule has 0 unspecified atom stereocenters. The van der Waals surface area contributed by atoms with Gasteiger partial charge in [0.1, 0.15) is 0 Å². The lowest BCUT2D eigenvalue weighted by Crippen LogP contribution is -2.48. The predicted octanol–water partition coefficient (Wildman–Crippen LogP) is 2.19. The molecule has 2 N–H and O–H groups in total. The van der Waals surface area contributed by atoms with Crippen molar-refractivity contribution in [2.45, 2.75) is 19.9 Å². The van der Waals surface area contributed by atoms with Crippen molar-refractivity contribution in [2.24, 2.45) is 5.73 Å². The molecular weight excluding hydrogens is 234 g/mol. The summed E-state index contributed by atoms with van der Waals surface area (Å²) in [6.45, 7) is 9.67. The SMILES string of the molecule is CC(C)N1CCN(c2cccc(/C=C/CN)c2)CC1. The zero-order valence-corrected chi connectivity index (χ0v) is 12.0. The first-order valence-electron chi connectivity index (χ1n) is 7.16. The second-order valence-corrected chi connectivity index (χ2v) is 5.35. The van der Waals surface area contributed by atoms with Gasteiger partial charge in [-0.25, -0.2) is 0 Å². The second kappa shape index (κ2) is 6.73. The highest BCUT2D eigenvalue weighted by Gasteiger charge is 2.18. The molecule has 0 aliphatic carbocycles. The van der Waals surface area contributed by atoms with Gasteiger partial charge in [-0.15, -0.1) is 0 Å². The van der Waals surface area contributed by atoms with Gasteiger partial charge in [-0.05, 0) is 31.5 Å². The fourth-order valence-corrected chi connectivity index (χ4v) is 2.53. The molecule has 0 bridgehead atoms. The number of piperazine rings is 1. The van der Waals surface area contributed by atoms with Crippen LogP contribution in [0.5, 0.6) is 0 Å². The van der Waals surface area contributed by atoms with E-state index in [2.05, 4.69) is 54.0 Å². The molecule has 19 heavy (non-hydrogen) atoms. The molecule has 1 heterocycles. The van der Waals surface area contributed by atoms with Crippen LogP contribution in [0.2, 0.25) is 0 Å². The molecule has 1 aliphatic heterocycles. The van der Waals surface area contributed by atoms with E-state index in [1.807, 2.05) is 6.08 Å². The molecule has 0 amide bonds. The fourth-order valence-electron chi connectivity index (χ4n) is 2.53. The molecule has 1 fully saturated rings. The number of hydrogen-bond acceptors (Lipinski definition) is 3. The quantitative estimate of drug-likeness (QED) is 0.899. The predicted molar refractivity (Wildman–Crippen MR) is 83.5 cm³/mol. The van der Waals surface area contributed by atoms with Crippen LogP contribution in [0.25, 0.3) is 6.08 Å². The minimum absolute atomic E-state index is 0.595. The van der Waals surface area contributed by atoms with Gasteiger partial charge in [0.05, 0.1) is 0 Å². The summed E-state index contributed by atoms with van der Waals surface area (Å²) in [7, 11) is 0. The van der Waals surface area contributed by atoms with Crippen molar-refractivity contribution >= 4 is 11.8 Å². The van der Waals surface area contributed by atoms with Gasteiger partial charge in [0.25, 0.3) is 0 Å². The first-order valence-corrected chi connectivity index (χ1v) is 7.16. The molecule has 1 aliphatic rings. The summed E-state index contributed by atoms with van der Waals surface area (Å²) in [5, 5.41) is 0. The normalized spacial score (nSPS) is 17.6. The largest absolute Gasteiger partial charge is 0.369 e. The Labute approximate surface area is 116 Å². The van der Waals surface area contributed by atoms with E-state index < -0.39 is 0 Å². The smallest absolute Gasteiger partial charge is 0.0373 e. The van der Waals surface area contributed by atoms with Gasteiger partial charge in [-0.2, -0.15) is 0 Å². The van der Waals surface area contributed by atoms with Crippen LogP contribution in [0, 0.1) is 0 Å². The van der Waals surface area contributed by atoms with Crippen LogP contribution in [0.3, 0.4) is 0 Å². The van der Waals surface area contributed by atoms with Crippen LogP contribution < -0.4 is 10.6 Å². The van der Waals surface area contributed by atoms with Gasteiger partial charge in [0, 0.05) is 44.5 Å². The van der Waals surface area contributed by atoms with Crippen molar-refractivity contribution in [2.75, 3.05) is 37.6 Å². The number of anilines is 1. The molecule has 0 atom stereocenters. The summed E-state index contributed by atoms with van der Waals surface area (Å²) in [5.41, 5.74) is 8.05. The average Bonchev–Trinajstić information content (AvgIpc) is 2.45. The summed E-state index contributed by atoms with van der Waals surface area (Å²) < 4.78 is 0. The van der Waals surface area contributed by atoms with E-state index >= 15 is 0 Å². The van der Waals surface area contributed by atoms with E-state index in [4.69, 9.17) is 5.73 Å². The summed E-state index contributed by atoms with van der Waals surface area (Å²) in [5.74, 6) is 0. The van der Waals surface area contributed by atoms with E-state index in [0.29, 0.717) is 12.6 Å². The van der Waals surface area contributed by atoms with Crippen LogP contribution in [-0.4, -0.2) is 43.7 Å². The van der Waals surface area contributed by atoms with Crippen molar-refractivity contribution in [1.29, 1.82) is 0 Å². The van der Waals surface area contributed by atoms with Crippen LogP contribution in [-0.2, 0) is 0 Å². The minimum atomic E-state index is 0.595. The maximum Gasteiger partial charge on any atom is 0.0373 e. The average molecular weight is 259 g/mol. The maximum atomic E-state index is 5.50. The number of hydrogen-bond donors (Lipinski definition) is 1. The highest BCUT2D eigenvalue weighted by Crippen LogP contribution is 2.19. The van der Waals surface area contributed by atoms with Crippen molar-refractivity contribution < 1.29 is 0 Å². The molecule has 1 aromatic carbocycles. The third-order valence-electron chi connectivity index (χ3n) is 3.73. The van der Waals surface area contributed by atoms with Crippen molar-refractivity contribution in [3.05, 3.63) is 35.9 Å². The fraction of sp³-hybridized carbons (Fsp3) is 0.500. The summed E-state index contributed by atoms with van der Waals surface area (Å²) in [6.07, 6.45) is 4.09. The number of rotatable bonds is 4. The van der Waals surface area contributed by atoms with Crippen molar-refractivity contribution in [1.82, 2.24) is 4.90 Å². The number of nitrogens with zero attached hydrogens (tertiary/aromatic N) is 2. The number of nitrogens with two attached hydrogens (primary N) is 1. The Balaban J connectivity index is 2.01. The monoisotopic (exact) mass is 259 g/mol. The molecule has 3 heteroatoms. The molecule has 0 aromatic heterocycles.